The maximum atomic E-state index is 12.9. The van der Waals surface area contributed by atoms with E-state index in [9.17, 15) is 17.4 Å². The van der Waals surface area contributed by atoms with Crippen LogP contribution in [0.2, 0.25) is 0 Å². The standard InChI is InChI=1S/C16H12FN3O3S.Na.H/c17-10-5-7-11(8-6-10)19-20-14-9-15(24(21,22)23)12-3-1-2-4-13(12)16(14)18;;/h1-9H,18H2,(H,21,22,23);;/q;+1;-1. The van der Waals surface area contributed by atoms with Gasteiger partial charge in [-0.3, -0.25) is 4.55 Å². The monoisotopic (exact) mass is 369 g/mol. The summed E-state index contributed by atoms with van der Waals surface area (Å²) in [6.07, 6.45) is 0. The van der Waals surface area contributed by atoms with Crippen LogP contribution >= 0.6 is 0 Å². The molecular formula is C16H13FN3NaO3S. The minimum Gasteiger partial charge on any atom is -1.00 e. The smallest absolute Gasteiger partial charge is 1.00 e. The van der Waals surface area contributed by atoms with Crippen molar-refractivity contribution in [2.45, 2.75) is 4.90 Å². The van der Waals surface area contributed by atoms with Gasteiger partial charge in [-0.25, -0.2) is 4.39 Å². The van der Waals surface area contributed by atoms with E-state index in [-0.39, 0.29) is 47.3 Å². The van der Waals surface area contributed by atoms with Gasteiger partial charge in [-0.15, -0.1) is 5.11 Å². The Balaban J connectivity index is 0.00000169. The molecule has 0 unspecified atom stereocenters. The number of nitrogen functional groups attached to an aromatic ring is 1. The van der Waals surface area contributed by atoms with Gasteiger partial charge in [0.2, 0.25) is 0 Å². The van der Waals surface area contributed by atoms with Gasteiger partial charge in [0.25, 0.3) is 10.1 Å². The van der Waals surface area contributed by atoms with Gasteiger partial charge < -0.3 is 7.16 Å². The summed E-state index contributed by atoms with van der Waals surface area (Å²) in [5.74, 6) is -0.409. The third-order valence-corrected chi connectivity index (χ3v) is 4.30. The number of azo groups is 1. The van der Waals surface area contributed by atoms with E-state index in [1.54, 1.807) is 18.2 Å². The largest absolute Gasteiger partial charge is 1.00 e. The van der Waals surface area contributed by atoms with Crippen LogP contribution in [0.5, 0.6) is 0 Å². The molecule has 0 saturated carbocycles. The summed E-state index contributed by atoms with van der Waals surface area (Å²) < 4.78 is 45.6. The van der Waals surface area contributed by atoms with Crippen molar-refractivity contribution in [3.63, 3.8) is 0 Å². The first-order valence-corrected chi connectivity index (χ1v) is 8.26. The van der Waals surface area contributed by atoms with Crippen LogP contribution in [0.1, 0.15) is 1.43 Å². The zero-order valence-corrected chi connectivity index (χ0v) is 16.0. The molecule has 3 aromatic carbocycles. The SMILES string of the molecule is Nc1c(N=Nc2ccc(F)cc2)cc(S(=O)(=O)O)c2ccccc12.[H-].[Na+]. The van der Waals surface area contributed by atoms with Crippen molar-refractivity contribution in [1.29, 1.82) is 0 Å². The Morgan fingerprint density at radius 2 is 1.60 bits per heavy atom. The molecule has 0 spiro atoms. The molecule has 0 atom stereocenters. The fourth-order valence-corrected chi connectivity index (χ4v) is 2.98. The van der Waals surface area contributed by atoms with Crippen molar-refractivity contribution in [1.82, 2.24) is 0 Å². The molecule has 0 heterocycles. The second-order valence-electron chi connectivity index (χ2n) is 5.00. The van der Waals surface area contributed by atoms with Crippen LogP contribution in [0.3, 0.4) is 0 Å². The fourth-order valence-electron chi connectivity index (χ4n) is 2.27. The molecular weight excluding hydrogens is 356 g/mol. The van der Waals surface area contributed by atoms with Gasteiger partial charge in [0, 0.05) is 10.8 Å². The van der Waals surface area contributed by atoms with E-state index >= 15 is 0 Å². The van der Waals surface area contributed by atoms with E-state index in [0.717, 1.165) is 6.07 Å². The van der Waals surface area contributed by atoms with Crippen molar-refractivity contribution < 1.29 is 48.3 Å². The van der Waals surface area contributed by atoms with E-state index in [1.807, 2.05) is 0 Å². The molecule has 0 saturated heterocycles. The summed E-state index contributed by atoms with van der Waals surface area (Å²) in [6, 6.07) is 12.9. The third kappa shape index (κ3) is 4.23. The van der Waals surface area contributed by atoms with E-state index in [1.165, 1.54) is 30.3 Å². The first kappa shape index (κ1) is 19.5. The summed E-state index contributed by atoms with van der Waals surface area (Å²) in [5.41, 5.74) is 6.72. The summed E-state index contributed by atoms with van der Waals surface area (Å²) >= 11 is 0. The van der Waals surface area contributed by atoms with E-state index in [2.05, 4.69) is 10.2 Å². The molecule has 25 heavy (non-hydrogen) atoms. The van der Waals surface area contributed by atoms with E-state index < -0.39 is 15.9 Å². The number of hydrogen-bond acceptors (Lipinski definition) is 5. The van der Waals surface area contributed by atoms with Crippen LogP contribution in [0.25, 0.3) is 10.8 Å². The summed E-state index contributed by atoms with van der Waals surface area (Å²) in [4.78, 5) is -0.305. The molecule has 0 aliphatic carbocycles. The third-order valence-electron chi connectivity index (χ3n) is 3.40. The molecule has 0 amide bonds. The number of halogens is 1. The Morgan fingerprint density at radius 3 is 2.20 bits per heavy atom. The Labute approximate surface area is 167 Å². The van der Waals surface area contributed by atoms with Crippen LogP contribution in [0.4, 0.5) is 21.5 Å². The van der Waals surface area contributed by atoms with Crippen LogP contribution in [-0.4, -0.2) is 13.0 Å². The molecule has 0 aromatic heterocycles. The zero-order valence-electron chi connectivity index (χ0n) is 14.2. The Morgan fingerprint density at radius 1 is 1.00 bits per heavy atom. The van der Waals surface area contributed by atoms with E-state index in [0.29, 0.717) is 16.5 Å². The van der Waals surface area contributed by atoms with Gasteiger partial charge in [0.05, 0.1) is 11.4 Å². The Hall–Kier alpha value is -1.84. The van der Waals surface area contributed by atoms with Gasteiger partial charge in [0.15, 0.2) is 0 Å². The molecule has 124 valence electrons. The fraction of sp³-hybridized carbons (Fsp3) is 0. The average Bonchev–Trinajstić information content (AvgIpc) is 2.55. The molecule has 6 nitrogen and oxygen atoms in total. The van der Waals surface area contributed by atoms with Gasteiger partial charge in [0.1, 0.15) is 16.4 Å². The van der Waals surface area contributed by atoms with Gasteiger partial charge in [-0.05, 0) is 30.3 Å². The normalized spacial score (nSPS) is 11.6. The topological polar surface area (TPSA) is 105 Å². The van der Waals surface area contributed by atoms with Gasteiger partial charge >= 0.3 is 29.6 Å². The van der Waals surface area contributed by atoms with Crippen LogP contribution in [-0.2, 0) is 10.1 Å². The van der Waals surface area contributed by atoms with Crippen molar-refractivity contribution in [2.24, 2.45) is 10.2 Å². The minimum atomic E-state index is -4.46. The van der Waals surface area contributed by atoms with Gasteiger partial charge in [-0.2, -0.15) is 13.5 Å². The number of benzene rings is 3. The van der Waals surface area contributed by atoms with Crippen molar-refractivity contribution in [3.05, 3.63) is 60.4 Å². The number of rotatable bonds is 3. The summed E-state index contributed by atoms with van der Waals surface area (Å²) in [5, 5.41) is 8.56. The first-order valence-electron chi connectivity index (χ1n) is 6.82. The van der Waals surface area contributed by atoms with Crippen molar-refractivity contribution in [2.75, 3.05) is 5.73 Å². The second-order valence-corrected chi connectivity index (χ2v) is 6.39. The van der Waals surface area contributed by atoms with Crippen molar-refractivity contribution in [3.8, 4) is 0 Å². The molecule has 9 heteroatoms. The summed E-state index contributed by atoms with van der Waals surface area (Å²) in [7, 11) is -4.46. The molecule has 0 aliphatic heterocycles. The number of anilines is 1. The maximum absolute atomic E-state index is 12.9. The summed E-state index contributed by atoms with van der Waals surface area (Å²) in [6.45, 7) is 0. The van der Waals surface area contributed by atoms with Crippen molar-refractivity contribution >= 4 is 38.0 Å². The second kappa shape index (κ2) is 7.59. The van der Waals surface area contributed by atoms with Gasteiger partial charge in [-0.1, -0.05) is 24.3 Å². The number of fused-ring (bicyclic) bond motifs is 1. The number of nitrogens with zero attached hydrogens (tertiary/aromatic N) is 2. The number of nitrogens with two attached hydrogens (primary N) is 1. The maximum Gasteiger partial charge on any atom is 1.00 e. The van der Waals surface area contributed by atoms with Crippen LogP contribution in [0.15, 0.2) is 69.7 Å². The quantitative estimate of drug-likeness (QED) is 0.315. The van der Waals surface area contributed by atoms with Crippen LogP contribution < -0.4 is 35.3 Å². The predicted molar refractivity (Wildman–Crippen MR) is 89.9 cm³/mol. The minimum absolute atomic E-state index is 0. The Bertz CT molecular complexity index is 1060. The average molecular weight is 369 g/mol. The molecule has 3 aromatic rings. The predicted octanol–water partition coefficient (Wildman–Crippen LogP) is 1.34. The Kier molecular flexibility index (Phi) is 5.91. The molecule has 0 radical (unpaired) electrons. The number of hydrogen-bond donors (Lipinski definition) is 2. The molecule has 3 N–H and O–H groups in total. The zero-order chi connectivity index (χ0) is 17.3. The molecule has 3 rings (SSSR count). The molecule has 0 aliphatic rings. The molecule has 0 fully saturated rings. The first-order chi connectivity index (χ1) is 11.4. The van der Waals surface area contributed by atoms with E-state index in [4.69, 9.17) is 5.73 Å². The van der Waals surface area contributed by atoms with Crippen LogP contribution in [0, 0.1) is 5.82 Å². The molecule has 0 bridgehead atoms.